The van der Waals surface area contributed by atoms with E-state index in [1.54, 1.807) is 11.1 Å². The lowest BCUT2D eigenvalue weighted by atomic mass is 9.94. The van der Waals surface area contributed by atoms with E-state index >= 15 is 0 Å². The number of unbranched alkanes of at least 4 members (excludes halogenated alkanes) is 31. The molecule has 0 bridgehead atoms. The molecule has 1 fully saturated rings. The van der Waals surface area contributed by atoms with Crippen LogP contribution in [0.1, 0.15) is 311 Å². The van der Waals surface area contributed by atoms with Crippen LogP contribution in [-0.4, -0.2) is 48.4 Å². The first-order valence-corrected chi connectivity index (χ1v) is 28.9. The van der Waals surface area contributed by atoms with Crippen molar-refractivity contribution < 1.29 is 4.79 Å². The normalized spacial score (nSPS) is 14.9. The lowest BCUT2D eigenvalue weighted by molar-refractivity contribution is -0.129. The SMILES string of the molecule is CCCCCCCCC/C=C(\CCCCCCCCC)CCC1CCN(C(=O)C/C=C(\CCCCCCCCC)CCN(CCCCCCCCC)CCCCCCCCC)C1. The maximum Gasteiger partial charge on any atom is 0.226 e. The van der Waals surface area contributed by atoms with Gasteiger partial charge in [-0.2, -0.15) is 0 Å². The summed E-state index contributed by atoms with van der Waals surface area (Å²) in [6, 6.07) is 0. The smallest absolute Gasteiger partial charge is 0.226 e. The molecule has 1 rings (SSSR count). The Morgan fingerprint density at radius 2 is 0.823 bits per heavy atom. The van der Waals surface area contributed by atoms with Crippen LogP contribution in [0.5, 0.6) is 0 Å². The van der Waals surface area contributed by atoms with Crippen LogP contribution < -0.4 is 0 Å². The third-order valence-electron chi connectivity index (χ3n) is 14.4. The molecule has 3 nitrogen and oxygen atoms in total. The van der Waals surface area contributed by atoms with Crippen LogP contribution in [0, 0.1) is 5.92 Å². The fourth-order valence-corrected chi connectivity index (χ4v) is 9.95. The van der Waals surface area contributed by atoms with Crippen LogP contribution in [-0.2, 0) is 4.79 Å². The van der Waals surface area contributed by atoms with Crippen LogP contribution in [0.4, 0.5) is 0 Å². The Morgan fingerprint density at radius 1 is 0.435 bits per heavy atom. The third kappa shape index (κ3) is 37.2. The van der Waals surface area contributed by atoms with Crippen LogP contribution in [0.25, 0.3) is 0 Å². The van der Waals surface area contributed by atoms with Crippen LogP contribution in [0.2, 0.25) is 0 Å². The van der Waals surface area contributed by atoms with Gasteiger partial charge in [0.25, 0.3) is 0 Å². The summed E-state index contributed by atoms with van der Waals surface area (Å²) in [6.07, 6.45) is 62.8. The monoisotopic (exact) mass is 867 g/mol. The first-order valence-electron chi connectivity index (χ1n) is 28.9. The van der Waals surface area contributed by atoms with E-state index in [4.69, 9.17) is 0 Å². The van der Waals surface area contributed by atoms with Crippen molar-refractivity contribution >= 4 is 5.91 Å². The zero-order chi connectivity index (χ0) is 44.8. The maximum absolute atomic E-state index is 13.8. The van der Waals surface area contributed by atoms with Gasteiger partial charge in [-0.25, -0.2) is 0 Å². The Labute approximate surface area is 391 Å². The first kappa shape index (κ1) is 58.9. The summed E-state index contributed by atoms with van der Waals surface area (Å²) < 4.78 is 0. The molecule has 1 heterocycles. The molecule has 1 saturated heterocycles. The fraction of sp³-hybridized carbons (Fsp3) is 0.915. The Hall–Kier alpha value is -1.09. The Morgan fingerprint density at radius 3 is 1.27 bits per heavy atom. The van der Waals surface area contributed by atoms with E-state index in [0.29, 0.717) is 18.2 Å². The van der Waals surface area contributed by atoms with Crippen molar-refractivity contribution in [2.75, 3.05) is 32.7 Å². The average Bonchev–Trinajstić information content (AvgIpc) is 3.77. The summed E-state index contributed by atoms with van der Waals surface area (Å²) in [7, 11) is 0. The van der Waals surface area contributed by atoms with Gasteiger partial charge >= 0.3 is 0 Å². The quantitative estimate of drug-likeness (QED) is 0.0449. The van der Waals surface area contributed by atoms with Crippen LogP contribution in [0.15, 0.2) is 23.3 Å². The molecule has 1 amide bonds. The number of carbonyl (C=O) groups excluding carboxylic acids is 1. The van der Waals surface area contributed by atoms with Gasteiger partial charge in [-0.3, -0.25) is 4.79 Å². The van der Waals surface area contributed by atoms with Crippen LogP contribution in [0.3, 0.4) is 0 Å². The molecule has 0 N–H and O–H groups in total. The van der Waals surface area contributed by atoms with Gasteiger partial charge in [-0.05, 0) is 96.1 Å². The summed E-state index contributed by atoms with van der Waals surface area (Å²) in [5.74, 6) is 1.07. The topological polar surface area (TPSA) is 23.6 Å². The average molecular weight is 868 g/mol. The van der Waals surface area contributed by atoms with Gasteiger partial charge in [0, 0.05) is 26.1 Å². The minimum atomic E-state index is 0.394. The second-order valence-corrected chi connectivity index (χ2v) is 20.4. The zero-order valence-electron chi connectivity index (χ0n) is 43.5. The minimum Gasteiger partial charge on any atom is -0.342 e. The van der Waals surface area contributed by atoms with Crippen molar-refractivity contribution in [3.8, 4) is 0 Å². The number of nitrogens with zero attached hydrogens (tertiary/aromatic N) is 2. The van der Waals surface area contributed by atoms with Crippen molar-refractivity contribution in [1.29, 1.82) is 0 Å². The number of hydrogen-bond donors (Lipinski definition) is 0. The summed E-state index contributed by atoms with van der Waals surface area (Å²) in [6.45, 7) is 17.3. The van der Waals surface area contributed by atoms with E-state index in [0.717, 1.165) is 19.5 Å². The summed E-state index contributed by atoms with van der Waals surface area (Å²) in [5.41, 5.74) is 3.31. The molecule has 0 radical (unpaired) electrons. The second kappa shape index (κ2) is 46.4. The molecular weight excluding hydrogens is 753 g/mol. The highest BCUT2D eigenvalue weighted by molar-refractivity contribution is 5.78. The summed E-state index contributed by atoms with van der Waals surface area (Å²) in [5, 5.41) is 0. The van der Waals surface area contributed by atoms with Gasteiger partial charge in [0.15, 0.2) is 0 Å². The lowest BCUT2D eigenvalue weighted by Gasteiger charge is -2.23. The first-order chi connectivity index (χ1) is 30.6. The number of amides is 1. The fourth-order valence-electron chi connectivity index (χ4n) is 9.95. The summed E-state index contributed by atoms with van der Waals surface area (Å²) in [4.78, 5) is 18.9. The Kier molecular flexibility index (Phi) is 44.1. The molecular formula is C59H114N2O. The number of hydrogen-bond acceptors (Lipinski definition) is 2. The highest BCUT2D eigenvalue weighted by Gasteiger charge is 2.25. The number of rotatable bonds is 48. The molecule has 0 spiro atoms. The molecule has 62 heavy (non-hydrogen) atoms. The van der Waals surface area contributed by atoms with Gasteiger partial charge in [0.1, 0.15) is 0 Å². The van der Waals surface area contributed by atoms with Gasteiger partial charge in [0.2, 0.25) is 5.91 Å². The molecule has 0 aromatic heterocycles. The number of allylic oxidation sites excluding steroid dienone is 2. The van der Waals surface area contributed by atoms with E-state index in [-0.39, 0.29) is 0 Å². The molecule has 1 unspecified atom stereocenters. The minimum absolute atomic E-state index is 0.394. The van der Waals surface area contributed by atoms with Crippen molar-refractivity contribution in [3.63, 3.8) is 0 Å². The molecule has 366 valence electrons. The zero-order valence-corrected chi connectivity index (χ0v) is 43.5. The van der Waals surface area contributed by atoms with Crippen molar-refractivity contribution in [2.45, 2.75) is 311 Å². The van der Waals surface area contributed by atoms with E-state index in [2.05, 4.69) is 56.6 Å². The second-order valence-electron chi connectivity index (χ2n) is 20.4. The molecule has 3 heteroatoms. The van der Waals surface area contributed by atoms with E-state index in [1.165, 1.54) is 283 Å². The molecule has 1 aliphatic rings. The highest BCUT2D eigenvalue weighted by Crippen LogP contribution is 2.27. The van der Waals surface area contributed by atoms with Gasteiger partial charge < -0.3 is 9.80 Å². The molecule has 0 aliphatic carbocycles. The molecule has 0 saturated carbocycles. The predicted octanol–water partition coefficient (Wildman–Crippen LogP) is 19.5. The third-order valence-corrected chi connectivity index (χ3v) is 14.4. The van der Waals surface area contributed by atoms with E-state index < -0.39 is 0 Å². The Balaban J connectivity index is 2.78. The van der Waals surface area contributed by atoms with Crippen LogP contribution >= 0.6 is 0 Å². The van der Waals surface area contributed by atoms with Crippen molar-refractivity contribution in [2.24, 2.45) is 5.92 Å². The van der Waals surface area contributed by atoms with Gasteiger partial charge in [-0.1, -0.05) is 251 Å². The maximum atomic E-state index is 13.8. The van der Waals surface area contributed by atoms with Gasteiger partial charge in [-0.15, -0.1) is 0 Å². The Bertz CT molecular complexity index is 982. The predicted molar refractivity (Wildman–Crippen MR) is 280 cm³/mol. The van der Waals surface area contributed by atoms with E-state index in [1.807, 2.05) is 0 Å². The van der Waals surface area contributed by atoms with Gasteiger partial charge in [0.05, 0.1) is 0 Å². The molecule has 1 atom stereocenters. The molecule has 0 aromatic carbocycles. The van der Waals surface area contributed by atoms with Crippen molar-refractivity contribution in [1.82, 2.24) is 9.80 Å². The largest absolute Gasteiger partial charge is 0.342 e. The number of likely N-dealkylation sites (tertiary alicyclic amines) is 1. The highest BCUT2D eigenvalue weighted by atomic mass is 16.2. The number of carbonyl (C=O) groups is 1. The molecule has 0 aromatic rings. The molecule has 1 aliphatic heterocycles. The standard InChI is InChI=1S/C59H114N2O/c1-6-11-16-21-26-29-34-38-43-56(42-37-32-27-22-17-12-7-2)45-46-58-50-54-61(55-58)59(62)48-47-57(44-39-33-28-23-18-13-8-3)49-53-60(51-40-35-30-24-19-14-9-4)52-41-36-31-25-20-15-10-5/h43,47,58H,6-42,44-46,48-55H2,1-5H3/b56-43+,57-47+. The lowest BCUT2D eigenvalue weighted by Crippen LogP contribution is -2.28. The van der Waals surface area contributed by atoms with Crippen molar-refractivity contribution in [3.05, 3.63) is 23.3 Å². The summed E-state index contributed by atoms with van der Waals surface area (Å²) >= 11 is 0. The van der Waals surface area contributed by atoms with E-state index in [9.17, 15) is 4.79 Å².